The normalized spacial score (nSPS) is 14.4. The van der Waals surface area contributed by atoms with Gasteiger partial charge in [0.2, 0.25) is 0 Å². The van der Waals surface area contributed by atoms with Crippen LogP contribution >= 0.6 is 0 Å². The zero-order chi connectivity index (χ0) is 41.2. The van der Waals surface area contributed by atoms with Crippen molar-refractivity contribution in [2.45, 2.75) is 24.7 Å². The van der Waals surface area contributed by atoms with Gasteiger partial charge in [-0.1, -0.05) is 190 Å². The zero-order valence-electron chi connectivity index (χ0n) is 34.6. The average Bonchev–Trinajstić information content (AvgIpc) is 3.75. The highest BCUT2D eigenvalue weighted by molar-refractivity contribution is 6.02. The van der Waals surface area contributed by atoms with E-state index in [2.05, 4.69) is 231 Å². The molecule has 13 rings (SSSR count). The number of rotatable bonds is 4. The largest absolute Gasteiger partial charge is 0.455 e. The highest BCUT2D eigenvalue weighted by Crippen LogP contribution is 2.65. The third-order valence-electron chi connectivity index (χ3n) is 14.1. The first kappa shape index (κ1) is 35.1. The molecule has 0 saturated heterocycles. The van der Waals surface area contributed by atoms with Crippen molar-refractivity contribution in [3.05, 3.63) is 246 Å². The monoisotopic (exact) mass is 791 g/mol. The number of hydrogen-bond donors (Lipinski definition) is 0. The molecular formula is C60H41NO. The quantitative estimate of drug-likeness (QED) is 0.176. The van der Waals surface area contributed by atoms with Crippen molar-refractivity contribution < 1.29 is 4.74 Å². The minimum Gasteiger partial charge on any atom is -0.455 e. The van der Waals surface area contributed by atoms with E-state index >= 15 is 0 Å². The molecule has 0 bridgehead atoms. The van der Waals surface area contributed by atoms with Gasteiger partial charge in [-0.2, -0.15) is 0 Å². The Morgan fingerprint density at radius 1 is 0.355 bits per heavy atom. The van der Waals surface area contributed by atoms with Crippen LogP contribution in [0.5, 0.6) is 11.5 Å². The first-order valence-corrected chi connectivity index (χ1v) is 21.7. The fourth-order valence-electron chi connectivity index (χ4n) is 11.4. The van der Waals surface area contributed by atoms with Crippen molar-refractivity contribution in [2.24, 2.45) is 0 Å². The van der Waals surface area contributed by atoms with Crippen LogP contribution in [0.25, 0.3) is 54.9 Å². The number of hydrogen-bond acceptors (Lipinski definition) is 2. The van der Waals surface area contributed by atoms with Crippen LogP contribution in [-0.2, 0) is 10.8 Å². The minimum atomic E-state index is -0.594. The molecule has 0 unspecified atom stereocenters. The number of fused-ring (bicyclic) bond motifs is 16. The van der Waals surface area contributed by atoms with Gasteiger partial charge in [-0.3, -0.25) is 0 Å². The van der Waals surface area contributed by atoms with Gasteiger partial charge in [-0.05, 0) is 103 Å². The summed E-state index contributed by atoms with van der Waals surface area (Å²) in [4.78, 5) is 2.39. The lowest BCUT2D eigenvalue weighted by atomic mass is 9.65. The van der Waals surface area contributed by atoms with E-state index < -0.39 is 5.41 Å². The van der Waals surface area contributed by atoms with Crippen LogP contribution in [0.2, 0.25) is 0 Å². The second kappa shape index (κ2) is 12.9. The standard InChI is InChI=1S/C60H41NO/c1-59(2)50-24-12-10-21-47(50)49-37-43(33-36-51(49)59)61(41-17-4-3-5-18-41)42-31-27-40(28-32-42)44-23-14-26-53-56(44)48-22-11-13-25-52(48)60(53)54-34-29-38-15-6-8-19-45(38)57(54)62-58-46-20-9-7-16-39(46)30-35-55(58)60/h3-37H,1-2H3. The summed E-state index contributed by atoms with van der Waals surface area (Å²) in [6, 6.07) is 78.3. The number of nitrogens with zero attached hydrogens (tertiary/aromatic N) is 1. The Kier molecular flexibility index (Phi) is 7.31. The van der Waals surface area contributed by atoms with Crippen LogP contribution in [0.15, 0.2) is 212 Å². The van der Waals surface area contributed by atoms with Gasteiger partial charge in [0.15, 0.2) is 0 Å². The topological polar surface area (TPSA) is 12.5 Å². The Morgan fingerprint density at radius 3 is 1.58 bits per heavy atom. The molecule has 0 aromatic heterocycles. The van der Waals surface area contributed by atoms with E-state index in [1.165, 1.54) is 77.5 Å². The van der Waals surface area contributed by atoms with Crippen LogP contribution in [0.4, 0.5) is 17.1 Å². The van der Waals surface area contributed by atoms with Gasteiger partial charge in [0.1, 0.15) is 11.5 Å². The highest BCUT2D eigenvalue weighted by atomic mass is 16.5. The SMILES string of the molecule is CC1(C)c2ccccc2-c2cc(N(c3ccccc3)c3ccc(-c4cccc5c4-c4ccccc4C54c5ccc6ccccc6c5Oc5c4ccc4ccccc54)cc3)ccc21. The second-order valence-electron chi connectivity index (χ2n) is 17.6. The summed E-state index contributed by atoms with van der Waals surface area (Å²) in [5.74, 6) is 1.87. The molecule has 0 radical (unpaired) electrons. The molecular weight excluding hydrogens is 751 g/mol. The predicted molar refractivity (Wildman–Crippen MR) is 257 cm³/mol. The van der Waals surface area contributed by atoms with E-state index in [1.807, 2.05) is 0 Å². The van der Waals surface area contributed by atoms with Crippen LogP contribution in [0.3, 0.4) is 0 Å². The summed E-state index contributed by atoms with van der Waals surface area (Å²) in [7, 11) is 0. The molecule has 0 N–H and O–H groups in total. The number of para-hydroxylation sites is 1. The molecule has 0 atom stereocenters. The Bertz CT molecular complexity index is 3380. The molecule has 2 aliphatic carbocycles. The lowest BCUT2D eigenvalue weighted by Crippen LogP contribution is -2.32. The first-order chi connectivity index (χ1) is 30.5. The molecule has 62 heavy (non-hydrogen) atoms. The maximum absolute atomic E-state index is 7.19. The summed E-state index contributed by atoms with van der Waals surface area (Å²) >= 11 is 0. The van der Waals surface area contributed by atoms with Gasteiger partial charge >= 0.3 is 0 Å². The van der Waals surface area contributed by atoms with Crippen molar-refractivity contribution >= 4 is 38.6 Å². The smallest absolute Gasteiger partial charge is 0.140 e. The van der Waals surface area contributed by atoms with E-state index in [4.69, 9.17) is 4.74 Å². The third kappa shape index (κ3) is 4.69. The van der Waals surface area contributed by atoms with E-state index in [9.17, 15) is 0 Å². The molecule has 1 spiro atoms. The van der Waals surface area contributed by atoms with Gasteiger partial charge in [0.05, 0.1) is 5.41 Å². The average molecular weight is 792 g/mol. The van der Waals surface area contributed by atoms with E-state index in [1.54, 1.807) is 0 Å². The van der Waals surface area contributed by atoms with Crippen molar-refractivity contribution in [1.82, 2.24) is 0 Å². The highest BCUT2D eigenvalue weighted by Gasteiger charge is 2.52. The molecule has 10 aromatic carbocycles. The van der Waals surface area contributed by atoms with Crippen LogP contribution in [0, 0.1) is 0 Å². The van der Waals surface area contributed by atoms with E-state index in [0.29, 0.717) is 0 Å². The van der Waals surface area contributed by atoms with Crippen molar-refractivity contribution in [2.75, 3.05) is 4.90 Å². The van der Waals surface area contributed by atoms with Gasteiger partial charge in [0, 0.05) is 44.4 Å². The molecule has 10 aromatic rings. The Balaban J connectivity index is 1.00. The number of benzene rings is 10. The third-order valence-corrected chi connectivity index (χ3v) is 14.1. The van der Waals surface area contributed by atoms with Gasteiger partial charge in [-0.15, -0.1) is 0 Å². The predicted octanol–water partition coefficient (Wildman–Crippen LogP) is 15.9. The van der Waals surface area contributed by atoms with Gasteiger partial charge < -0.3 is 9.64 Å². The molecule has 2 nitrogen and oxygen atoms in total. The Labute approximate surface area is 362 Å². The fraction of sp³-hybridized carbons (Fsp3) is 0.0667. The fourth-order valence-corrected chi connectivity index (χ4v) is 11.4. The molecule has 292 valence electrons. The molecule has 2 heteroatoms. The Hall–Kier alpha value is -7.68. The zero-order valence-corrected chi connectivity index (χ0v) is 34.6. The van der Waals surface area contributed by atoms with Gasteiger partial charge in [0.25, 0.3) is 0 Å². The summed E-state index contributed by atoms with van der Waals surface area (Å²) in [5, 5.41) is 4.59. The minimum absolute atomic E-state index is 0.0484. The first-order valence-electron chi connectivity index (χ1n) is 21.7. The molecule has 0 amide bonds. The number of anilines is 3. The maximum Gasteiger partial charge on any atom is 0.140 e. The summed E-state index contributed by atoms with van der Waals surface area (Å²) < 4.78 is 7.19. The van der Waals surface area contributed by atoms with Gasteiger partial charge in [-0.25, -0.2) is 0 Å². The lowest BCUT2D eigenvalue weighted by Gasteiger charge is -2.40. The summed E-state index contributed by atoms with van der Waals surface area (Å²) in [6.07, 6.45) is 0. The second-order valence-corrected chi connectivity index (χ2v) is 17.6. The maximum atomic E-state index is 7.19. The van der Waals surface area contributed by atoms with Crippen LogP contribution < -0.4 is 9.64 Å². The van der Waals surface area contributed by atoms with Crippen LogP contribution in [-0.4, -0.2) is 0 Å². The van der Waals surface area contributed by atoms with Crippen molar-refractivity contribution in [3.63, 3.8) is 0 Å². The van der Waals surface area contributed by atoms with Crippen molar-refractivity contribution in [1.29, 1.82) is 0 Å². The molecule has 0 saturated carbocycles. The molecule has 1 heterocycles. The molecule has 1 aliphatic heterocycles. The Morgan fingerprint density at radius 2 is 0.871 bits per heavy atom. The van der Waals surface area contributed by atoms with Crippen LogP contribution in [0.1, 0.15) is 47.2 Å². The summed E-state index contributed by atoms with van der Waals surface area (Å²) in [5.41, 5.74) is 18.0. The van der Waals surface area contributed by atoms with E-state index in [0.717, 1.165) is 39.3 Å². The van der Waals surface area contributed by atoms with E-state index in [-0.39, 0.29) is 5.41 Å². The summed E-state index contributed by atoms with van der Waals surface area (Å²) in [6.45, 7) is 4.68. The molecule has 0 fully saturated rings. The lowest BCUT2D eigenvalue weighted by molar-refractivity contribution is 0.447. The molecule has 3 aliphatic rings. The number of ether oxygens (including phenoxy) is 1. The van der Waals surface area contributed by atoms with Crippen molar-refractivity contribution in [3.8, 4) is 44.9 Å².